The van der Waals surface area contributed by atoms with Crippen molar-refractivity contribution in [1.82, 2.24) is 24.3 Å². The molecule has 1 aromatic carbocycles. The normalized spacial score (nSPS) is 22.2. The van der Waals surface area contributed by atoms with E-state index in [-0.39, 0.29) is 28.4 Å². The van der Waals surface area contributed by atoms with Crippen molar-refractivity contribution in [3.63, 3.8) is 0 Å². The highest BCUT2D eigenvalue weighted by molar-refractivity contribution is 6.30. The molecule has 0 saturated carbocycles. The molecule has 10 nitrogen and oxygen atoms in total. The Kier molecular flexibility index (Phi) is 7.45. The maximum atomic E-state index is 15.2. The maximum Gasteiger partial charge on any atom is 0.261 e. The van der Waals surface area contributed by atoms with Gasteiger partial charge < -0.3 is 19.1 Å². The van der Waals surface area contributed by atoms with Gasteiger partial charge in [-0.1, -0.05) is 11.6 Å². The third-order valence-corrected chi connectivity index (χ3v) is 8.63. The fourth-order valence-electron chi connectivity index (χ4n) is 6.43. The highest BCUT2D eigenvalue weighted by atomic mass is 35.5. The van der Waals surface area contributed by atoms with E-state index in [0.29, 0.717) is 80.7 Å². The minimum atomic E-state index is -0.514. The highest BCUT2D eigenvalue weighted by Crippen LogP contribution is 2.34. The van der Waals surface area contributed by atoms with Crippen LogP contribution in [-0.4, -0.2) is 68.9 Å². The number of pyridine rings is 1. The number of fused-ring (bicyclic) bond motifs is 2. The lowest BCUT2D eigenvalue weighted by atomic mass is 10.0. The first-order valence-corrected chi connectivity index (χ1v) is 15.2. The number of rotatable bonds is 7. The predicted octanol–water partition coefficient (Wildman–Crippen LogP) is 4.56. The monoisotopic (exact) mass is 608 g/mol. The zero-order chi connectivity index (χ0) is 29.7. The Labute approximate surface area is 253 Å². The van der Waals surface area contributed by atoms with Crippen molar-refractivity contribution in [2.24, 2.45) is 0 Å². The van der Waals surface area contributed by atoms with Gasteiger partial charge in [0, 0.05) is 61.4 Å². The number of aromatic nitrogens is 5. The molecule has 43 heavy (non-hydrogen) atoms. The summed E-state index contributed by atoms with van der Waals surface area (Å²) in [5.41, 5.74) is 1.40. The Balaban J connectivity index is 1.22. The van der Waals surface area contributed by atoms with Crippen molar-refractivity contribution >= 4 is 28.3 Å². The van der Waals surface area contributed by atoms with Gasteiger partial charge in [-0.15, -0.1) is 0 Å². The molecule has 7 rings (SSSR count). The molecule has 1 unspecified atom stereocenters. The molecule has 2 fully saturated rings. The fourth-order valence-corrected chi connectivity index (χ4v) is 6.59. The average Bonchev–Trinajstić information content (AvgIpc) is 3.75. The third-order valence-electron chi connectivity index (χ3n) is 8.39. The van der Waals surface area contributed by atoms with Crippen LogP contribution in [0.2, 0.25) is 5.02 Å². The third kappa shape index (κ3) is 5.43. The molecule has 0 spiro atoms. The molecule has 0 amide bonds. The van der Waals surface area contributed by atoms with Gasteiger partial charge >= 0.3 is 0 Å². The number of hydrogen-bond acceptors (Lipinski definition) is 8. The molecule has 0 aliphatic carbocycles. The molecule has 226 valence electrons. The fraction of sp³-hybridized carbons (Fsp3) is 0.484. The lowest BCUT2D eigenvalue weighted by molar-refractivity contribution is -0.0930. The molecule has 0 bridgehead atoms. The maximum absolute atomic E-state index is 15.2. The molecular formula is C31H34ClFN6O4. The van der Waals surface area contributed by atoms with Crippen LogP contribution in [0.4, 0.5) is 10.2 Å². The summed E-state index contributed by atoms with van der Waals surface area (Å²) in [5, 5.41) is 5.33. The summed E-state index contributed by atoms with van der Waals surface area (Å²) in [4.78, 5) is 25.4. The van der Waals surface area contributed by atoms with Gasteiger partial charge in [0.1, 0.15) is 40.4 Å². The summed E-state index contributed by atoms with van der Waals surface area (Å²) in [5.74, 6) is 0.762. The van der Waals surface area contributed by atoms with Gasteiger partial charge in [-0.2, -0.15) is 5.10 Å². The summed E-state index contributed by atoms with van der Waals surface area (Å²) in [6.07, 6.45) is 6.01. The minimum Gasteiger partial charge on any atom is -0.378 e. The molecule has 3 aliphatic rings. The number of nitrogens with zero attached hydrogens (tertiary/aromatic N) is 6. The molecular weight excluding hydrogens is 575 g/mol. The average molecular weight is 609 g/mol. The first kappa shape index (κ1) is 28.4. The van der Waals surface area contributed by atoms with E-state index in [0.717, 1.165) is 18.4 Å². The van der Waals surface area contributed by atoms with Gasteiger partial charge in [0.05, 0.1) is 37.4 Å². The van der Waals surface area contributed by atoms with Gasteiger partial charge in [-0.25, -0.2) is 14.4 Å². The van der Waals surface area contributed by atoms with Crippen LogP contribution in [0.5, 0.6) is 0 Å². The second-order valence-electron chi connectivity index (χ2n) is 11.9. The molecule has 4 aromatic rings. The van der Waals surface area contributed by atoms with Gasteiger partial charge in [0.15, 0.2) is 0 Å². The van der Waals surface area contributed by atoms with E-state index in [4.69, 9.17) is 35.8 Å². The standard InChI is InChI=1S/C31H34ClFN6O4/c1-19(2)43-31(7-10-41-18-31)17-38-15-20(14-34-38)25-16-37(9-11-42-25)27-13-23-29(35-26-4-3-8-39(26)30(23)40)28(36-27)22-6-5-21(32)12-24(22)33/h5-6,12-15,19,25H,3-4,7-11,16-18H2,1-2H3/t25-,31?/m1/s1. The van der Waals surface area contributed by atoms with Gasteiger partial charge in [-0.3, -0.25) is 14.0 Å². The van der Waals surface area contributed by atoms with E-state index in [1.807, 2.05) is 30.9 Å². The zero-order valence-electron chi connectivity index (χ0n) is 24.3. The van der Waals surface area contributed by atoms with Crippen LogP contribution in [0.15, 0.2) is 41.5 Å². The van der Waals surface area contributed by atoms with Crippen LogP contribution in [0, 0.1) is 5.82 Å². The first-order chi connectivity index (χ1) is 20.8. The highest BCUT2D eigenvalue weighted by Gasteiger charge is 2.38. The molecule has 12 heteroatoms. The summed E-state index contributed by atoms with van der Waals surface area (Å²) < 4.78 is 37.0. The second-order valence-corrected chi connectivity index (χ2v) is 12.3. The molecule has 2 saturated heterocycles. The minimum absolute atomic E-state index is 0.0805. The molecule has 2 atom stereocenters. The topological polar surface area (TPSA) is 96.5 Å². The Morgan fingerprint density at radius 3 is 2.88 bits per heavy atom. The van der Waals surface area contributed by atoms with Crippen LogP contribution >= 0.6 is 11.6 Å². The number of halogens is 2. The van der Waals surface area contributed by atoms with E-state index in [9.17, 15) is 4.79 Å². The molecule has 3 aromatic heterocycles. The van der Waals surface area contributed by atoms with E-state index < -0.39 is 11.4 Å². The van der Waals surface area contributed by atoms with E-state index in [1.54, 1.807) is 22.8 Å². The lowest BCUT2D eigenvalue weighted by Gasteiger charge is -2.34. The number of morpholine rings is 1. The van der Waals surface area contributed by atoms with Gasteiger partial charge in [-0.05, 0) is 44.5 Å². The van der Waals surface area contributed by atoms with Crippen LogP contribution in [0.1, 0.15) is 44.2 Å². The SMILES string of the molecule is CC(C)OC1(Cn2cc([C@H]3CN(c4cc5c(=O)n6c(nc5c(-c5ccc(Cl)cc5F)n4)CCC6)CCO3)cn2)CCOC1. The van der Waals surface area contributed by atoms with E-state index in [2.05, 4.69) is 10.00 Å². The van der Waals surface area contributed by atoms with Crippen LogP contribution in [-0.2, 0) is 33.7 Å². The Morgan fingerprint density at radius 1 is 1.21 bits per heavy atom. The van der Waals surface area contributed by atoms with Crippen molar-refractivity contribution in [3.8, 4) is 11.3 Å². The summed E-state index contributed by atoms with van der Waals surface area (Å²) in [6, 6.07) is 6.26. The summed E-state index contributed by atoms with van der Waals surface area (Å²) in [6.45, 7) is 7.99. The van der Waals surface area contributed by atoms with Crippen molar-refractivity contribution in [3.05, 3.63) is 69.2 Å². The largest absolute Gasteiger partial charge is 0.378 e. The van der Waals surface area contributed by atoms with E-state index >= 15 is 4.39 Å². The van der Waals surface area contributed by atoms with Crippen LogP contribution < -0.4 is 10.5 Å². The number of aryl methyl sites for hydroxylation is 1. The quantitative estimate of drug-likeness (QED) is 0.301. The van der Waals surface area contributed by atoms with Crippen LogP contribution in [0.25, 0.3) is 22.2 Å². The summed E-state index contributed by atoms with van der Waals surface area (Å²) in [7, 11) is 0. The molecule has 0 radical (unpaired) electrons. The predicted molar refractivity (Wildman–Crippen MR) is 160 cm³/mol. The molecule has 6 heterocycles. The van der Waals surface area contributed by atoms with Crippen molar-refractivity contribution < 1.29 is 18.6 Å². The lowest BCUT2D eigenvalue weighted by Crippen LogP contribution is -2.40. The van der Waals surface area contributed by atoms with Crippen molar-refractivity contribution in [2.45, 2.75) is 64.0 Å². The van der Waals surface area contributed by atoms with Gasteiger partial charge in [0.25, 0.3) is 5.56 Å². The van der Waals surface area contributed by atoms with E-state index in [1.165, 1.54) is 6.07 Å². The second kappa shape index (κ2) is 11.3. The summed E-state index contributed by atoms with van der Waals surface area (Å²) >= 11 is 6.06. The molecule has 0 N–H and O–H groups in total. The smallest absolute Gasteiger partial charge is 0.261 e. The Bertz CT molecular complexity index is 1730. The number of anilines is 1. The number of hydrogen-bond donors (Lipinski definition) is 0. The van der Waals surface area contributed by atoms with Crippen molar-refractivity contribution in [2.75, 3.05) is 37.8 Å². The number of ether oxygens (including phenoxy) is 3. The zero-order valence-corrected chi connectivity index (χ0v) is 25.0. The first-order valence-electron chi connectivity index (χ1n) is 14.8. The van der Waals surface area contributed by atoms with Gasteiger partial charge in [0.2, 0.25) is 0 Å². The Morgan fingerprint density at radius 2 is 2.09 bits per heavy atom. The number of benzene rings is 1. The molecule has 3 aliphatic heterocycles. The van der Waals surface area contributed by atoms with Crippen LogP contribution in [0.3, 0.4) is 0 Å². The van der Waals surface area contributed by atoms with Crippen molar-refractivity contribution in [1.29, 1.82) is 0 Å². The Hall–Kier alpha value is -3.38.